The quantitative estimate of drug-likeness (QED) is 0.141. The molecule has 37 heavy (non-hydrogen) atoms. The van der Waals surface area contributed by atoms with Crippen molar-refractivity contribution in [3.63, 3.8) is 0 Å². The summed E-state index contributed by atoms with van der Waals surface area (Å²) in [5.41, 5.74) is 2.52. The predicted octanol–water partition coefficient (Wildman–Crippen LogP) is 8.05. The van der Waals surface area contributed by atoms with Gasteiger partial charge in [0.25, 0.3) is 0 Å². The second kappa shape index (κ2) is 9.32. The van der Waals surface area contributed by atoms with Crippen molar-refractivity contribution in [3.8, 4) is 28.4 Å². The molecule has 0 N–H and O–H groups in total. The Balaban J connectivity index is 1.70. The first-order chi connectivity index (χ1) is 18.2. The molecule has 4 nitrogen and oxygen atoms in total. The van der Waals surface area contributed by atoms with E-state index in [0.29, 0.717) is 22.8 Å². The first-order valence-electron chi connectivity index (χ1n) is 12.0. The number of esters is 1. The molecule has 0 saturated heterocycles. The number of ether oxygens (including phenoxy) is 3. The SMILES string of the molecule is COc1ccc(-c2c3ccccc3c(OC(=O)c3ccccc3)c3cc4ccccc4cc23)cc1OC. The van der Waals surface area contributed by atoms with E-state index in [1.54, 1.807) is 26.4 Å². The molecule has 6 aromatic carbocycles. The molecule has 6 rings (SSSR count). The Morgan fingerprint density at radius 3 is 1.89 bits per heavy atom. The molecular weight excluding hydrogens is 460 g/mol. The van der Waals surface area contributed by atoms with E-state index in [1.807, 2.05) is 66.7 Å². The summed E-state index contributed by atoms with van der Waals surface area (Å²) in [6.45, 7) is 0. The number of methoxy groups -OCH3 is 2. The van der Waals surface area contributed by atoms with Crippen LogP contribution in [0.4, 0.5) is 0 Å². The summed E-state index contributed by atoms with van der Waals surface area (Å²) in [4.78, 5) is 13.2. The second-order valence-corrected chi connectivity index (χ2v) is 8.82. The zero-order valence-corrected chi connectivity index (χ0v) is 20.5. The molecule has 0 unspecified atom stereocenters. The molecular formula is C33H24O4. The standard InChI is InChI=1S/C33H24O4/c1-35-29-17-16-24(20-30(29)36-2)31-25-14-8-9-15-26(25)32(37-33(34)21-10-4-3-5-11-21)28-19-23-13-7-6-12-22(23)18-27(28)31/h3-20H,1-2H3. The van der Waals surface area contributed by atoms with Crippen LogP contribution in [0.15, 0.2) is 109 Å². The third kappa shape index (κ3) is 3.93. The third-order valence-corrected chi connectivity index (χ3v) is 6.72. The van der Waals surface area contributed by atoms with E-state index in [4.69, 9.17) is 14.2 Å². The molecule has 0 aliphatic rings. The lowest BCUT2D eigenvalue weighted by molar-refractivity contribution is 0.0739. The number of carbonyl (C=O) groups is 1. The Kier molecular flexibility index (Phi) is 5.70. The smallest absolute Gasteiger partial charge is 0.343 e. The minimum atomic E-state index is -0.390. The van der Waals surface area contributed by atoms with Crippen LogP contribution >= 0.6 is 0 Å². The summed E-state index contributed by atoms with van der Waals surface area (Å²) in [7, 11) is 3.27. The number of hydrogen-bond donors (Lipinski definition) is 0. The largest absolute Gasteiger partial charge is 0.493 e. The predicted molar refractivity (Wildman–Crippen MR) is 149 cm³/mol. The van der Waals surface area contributed by atoms with Gasteiger partial charge in [0, 0.05) is 10.8 Å². The van der Waals surface area contributed by atoms with Gasteiger partial charge >= 0.3 is 5.97 Å². The molecule has 0 aliphatic carbocycles. The molecule has 0 spiro atoms. The molecule has 0 fully saturated rings. The molecule has 0 atom stereocenters. The van der Waals surface area contributed by atoms with Crippen LogP contribution in [-0.4, -0.2) is 20.2 Å². The summed E-state index contributed by atoms with van der Waals surface area (Å²) >= 11 is 0. The Bertz CT molecular complexity index is 1790. The molecule has 0 aromatic heterocycles. The summed E-state index contributed by atoms with van der Waals surface area (Å²) in [6, 6.07) is 35.5. The number of rotatable bonds is 5. The minimum Gasteiger partial charge on any atom is -0.493 e. The fourth-order valence-corrected chi connectivity index (χ4v) is 4.96. The molecule has 6 aromatic rings. The maximum atomic E-state index is 13.2. The van der Waals surface area contributed by atoms with Crippen LogP contribution in [-0.2, 0) is 0 Å². The van der Waals surface area contributed by atoms with Crippen molar-refractivity contribution in [1.82, 2.24) is 0 Å². The fourth-order valence-electron chi connectivity index (χ4n) is 4.96. The van der Waals surface area contributed by atoms with Gasteiger partial charge in [0.2, 0.25) is 0 Å². The van der Waals surface area contributed by atoms with Crippen molar-refractivity contribution in [3.05, 3.63) is 115 Å². The maximum Gasteiger partial charge on any atom is 0.343 e. The normalized spacial score (nSPS) is 11.1. The lowest BCUT2D eigenvalue weighted by Gasteiger charge is -2.18. The van der Waals surface area contributed by atoms with Crippen molar-refractivity contribution in [2.75, 3.05) is 14.2 Å². The zero-order valence-electron chi connectivity index (χ0n) is 20.5. The highest BCUT2D eigenvalue weighted by molar-refractivity contribution is 6.20. The number of carbonyl (C=O) groups excluding carboxylic acids is 1. The van der Waals surface area contributed by atoms with Gasteiger partial charge in [-0.15, -0.1) is 0 Å². The van der Waals surface area contributed by atoms with E-state index in [9.17, 15) is 4.79 Å². The highest BCUT2D eigenvalue weighted by Crippen LogP contribution is 2.46. The Morgan fingerprint density at radius 2 is 1.19 bits per heavy atom. The van der Waals surface area contributed by atoms with Crippen molar-refractivity contribution in [2.24, 2.45) is 0 Å². The van der Waals surface area contributed by atoms with Crippen LogP contribution in [0.25, 0.3) is 43.4 Å². The molecule has 180 valence electrons. The Morgan fingerprint density at radius 1 is 0.568 bits per heavy atom. The molecule has 0 saturated carbocycles. The summed E-state index contributed by atoms with van der Waals surface area (Å²) in [5, 5.41) is 5.87. The second-order valence-electron chi connectivity index (χ2n) is 8.82. The van der Waals surface area contributed by atoms with Gasteiger partial charge in [-0.05, 0) is 69.1 Å². The summed E-state index contributed by atoms with van der Waals surface area (Å²) < 4.78 is 17.3. The highest BCUT2D eigenvalue weighted by atomic mass is 16.5. The number of hydrogen-bond acceptors (Lipinski definition) is 4. The van der Waals surface area contributed by atoms with Gasteiger partial charge in [-0.3, -0.25) is 0 Å². The Hall–Kier alpha value is -4.83. The van der Waals surface area contributed by atoms with Gasteiger partial charge < -0.3 is 14.2 Å². The average Bonchev–Trinajstić information content (AvgIpc) is 2.96. The first kappa shape index (κ1) is 22.6. The monoisotopic (exact) mass is 484 g/mol. The molecule has 0 radical (unpaired) electrons. The number of fused-ring (bicyclic) bond motifs is 3. The first-order valence-corrected chi connectivity index (χ1v) is 12.0. The highest BCUT2D eigenvalue weighted by Gasteiger charge is 2.20. The molecule has 4 heteroatoms. The van der Waals surface area contributed by atoms with Gasteiger partial charge in [0.1, 0.15) is 5.75 Å². The van der Waals surface area contributed by atoms with Crippen molar-refractivity contribution in [1.29, 1.82) is 0 Å². The van der Waals surface area contributed by atoms with Crippen molar-refractivity contribution >= 4 is 38.3 Å². The van der Waals surface area contributed by atoms with Crippen LogP contribution in [0.3, 0.4) is 0 Å². The van der Waals surface area contributed by atoms with E-state index in [2.05, 4.69) is 30.3 Å². The van der Waals surface area contributed by atoms with Crippen molar-refractivity contribution in [2.45, 2.75) is 0 Å². The van der Waals surface area contributed by atoms with Gasteiger partial charge in [-0.2, -0.15) is 0 Å². The van der Waals surface area contributed by atoms with E-state index in [-0.39, 0.29) is 5.97 Å². The van der Waals surface area contributed by atoms with E-state index in [0.717, 1.165) is 43.4 Å². The van der Waals surface area contributed by atoms with Gasteiger partial charge in [-0.25, -0.2) is 4.79 Å². The summed E-state index contributed by atoms with van der Waals surface area (Å²) in [5.74, 6) is 1.48. The lowest BCUT2D eigenvalue weighted by Crippen LogP contribution is -2.09. The van der Waals surface area contributed by atoms with E-state index in [1.165, 1.54) is 0 Å². The molecule has 0 bridgehead atoms. The average molecular weight is 485 g/mol. The van der Waals surface area contributed by atoms with Crippen LogP contribution in [0, 0.1) is 0 Å². The maximum absolute atomic E-state index is 13.2. The van der Waals surface area contributed by atoms with Crippen LogP contribution in [0.5, 0.6) is 17.2 Å². The van der Waals surface area contributed by atoms with Gasteiger partial charge in [-0.1, -0.05) is 72.8 Å². The fraction of sp³-hybridized carbons (Fsp3) is 0.0606. The van der Waals surface area contributed by atoms with Crippen LogP contribution in [0.1, 0.15) is 10.4 Å². The van der Waals surface area contributed by atoms with Crippen molar-refractivity contribution < 1.29 is 19.0 Å². The molecule has 0 heterocycles. The topological polar surface area (TPSA) is 44.8 Å². The Labute approximate surface area is 214 Å². The van der Waals surface area contributed by atoms with E-state index >= 15 is 0 Å². The summed E-state index contributed by atoms with van der Waals surface area (Å²) in [6.07, 6.45) is 0. The van der Waals surface area contributed by atoms with Crippen LogP contribution < -0.4 is 14.2 Å². The van der Waals surface area contributed by atoms with E-state index < -0.39 is 0 Å². The lowest BCUT2D eigenvalue weighted by atomic mass is 9.89. The molecule has 0 amide bonds. The van der Waals surface area contributed by atoms with Gasteiger partial charge in [0.15, 0.2) is 11.5 Å². The van der Waals surface area contributed by atoms with Crippen LogP contribution in [0.2, 0.25) is 0 Å². The zero-order chi connectivity index (χ0) is 25.4. The van der Waals surface area contributed by atoms with Gasteiger partial charge in [0.05, 0.1) is 19.8 Å². The third-order valence-electron chi connectivity index (χ3n) is 6.72. The molecule has 0 aliphatic heterocycles. The number of benzene rings is 6. The minimum absolute atomic E-state index is 0.390.